The molecule has 3 rings (SSSR count). The van der Waals surface area contributed by atoms with Gasteiger partial charge in [-0.2, -0.15) is 0 Å². The molecule has 2 aliphatic heterocycles. The Morgan fingerprint density at radius 3 is 2.32 bits per heavy atom. The van der Waals surface area contributed by atoms with Crippen LogP contribution in [0, 0.1) is 0 Å². The molecule has 9 nitrogen and oxygen atoms in total. The van der Waals surface area contributed by atoms with Crippen molar-refractivity contribution in [3.05, 3.63) is 47.2 Å². The normalized spacial score (nSPS) is 20.1. The lowest BCUT2D eigenvalue weighted by Crippen LogP contribution is -2.53. The first kappa shape index (κ1) is 22.6. The van der Waals surface area contributed by atoms with E-state index in [2.05, 4.69) is 15.5 Å². The van der Waals surface area contributed by atoms with Gasteiger partial charge in [-0.05, 0) is 26.3 Å². The summed E-state index contributed by atoms with van der Waals surface area (Å²) >= 11 is 0. The molecule has 0 radical (unpaired) electrons. The molecule has 2 N–H and O–H groups in total. The molecular weight excluding hydrogens is 400 g/mol. The average molecular weight is 431 g/mol. The highest BCUT2D eigenvalue weighted by Gasteiger charge is 2.35. The molecule has 31 heavy (non-hydrogen) atoms. The second-order valence-corrected chi connectivity index (χ2v) is 8.57. The first-order valence-corrected chi connectivity index (χ1v) is 10.3. The second kappa shape index (κ2) is 9.38. The minimum Gasteiger partial charge on any atom is -0.466 e. The minimum atomic E-state index is -0.597. The molecule has 0 spiro atoms. The predicted octanol–water partition coefficient (Wildman–Crippen LogP) is 2.02. The summed E-state index contributed by atoms with van der Waals surface area (Å²) in [6.45, 7) is 8.07. The standard InChI is InChI=1S/C22H30N4O5/c1-22(2,3)31-21(29)26-12-10-25(11-13-26)14-16-17(19(27)30-4)18(24-20(28)23-16)15-8-6-5-7-9-15/h5-9,18H,10-14H2,1-4H3,(H2,23,24,28)/t18-/m0/s1. The Morgan fingerprint density at radius 2 is 1.74 bits per heavy atom. The van der Waals surface area contributed by atoms with Crippen molar-refractivity contribution in [2.45, 2.75) is 32.4 Å². The Balaban J connectivity index is 1.75. The third kappa shape index (κ3) is 5.75. The lowest BCUT2D eigenvalue weighted by Gasteiger charge is -2.37. The molecule has 2 aliphatic rings. The van der Waals surface area contributed by atoms with E-state index in [-0.39, 0.29) is 12.1 Å². The number of hydrogen-bond donors (Lipinski definition) is 2. The van der Waals surface area contributed by atoms with Crippen molar-refractivity contribution in [2.75, 3.05) is 39.8 Å². The van der Waals surface area contributed by atoms with Crippen LogP contribution in [0.4, 0.5) is 9.59 Å². The molecule has 9 heteroatoms. The van der Waals surface area contributed by atoms with E-state index in [1.807, 2.05) is 51.1 Å². The fourth-order valence-corrected chi connectivity index (χ4v) is 3.63. The number of esters is 1. The fourth-order valence-electron chi connectivity index (χ4n) is 3.63. The number of benzene rings is 1. The molecule has 0 saturated carbocycles. The lowest BCUT2D eigenvalue weighted by atomic mass is 9.95. The number of urea groups is 1. The minimum absolute atomic E-state index is 0.332. The quantitative estimate of drug-likeness (QED) is 0.709. The number of carbonyl (C=O) groups excluding carboxylic acids is 3. The van der Waals surface area contributed by atoms with E-state index in [0.717, 1.165) is 5.56 Å². The van der Waals surface area contributed by atoms with Crippen molar-refractivity contribution in [3.63, 3.8) is 0 Å². The van der Waals surface area contributed by atoms with E-state index in [1.54, 1.807) is 4.90 Å². The maximum atomic E-state index is 12.6. The zero-order valence-corrected chi connectivity index (χ0v) is 18.4. The van der Waals surface area contributed by atoms with Crippen LogP contribution in [0.25, 0.3) is 0 Å². The molecule has 168 valence electrons. The predicted molar refractivity (Wildman–Crippen MR) is 114 cm³/mol. The number of nitrogens with one attached hydrogen (secondary N) is 2. The topological polar surface area (TPSA) is 100 Å². The molecular formula is C22H30N4O5. The van der Waals surface area contributed by atoms with Crippen molar-refractivity contribution >= 4 is 18.1 Å². The van der Waals surface area contributed by atoms with Gasteiger partial charge in [0, 0.05) is 38.4 Å². The monoisotopic (exact) mass is 430 g/mol. The maximum Gasteiger partial charge on any atom is 0.410 e. The van der Waals surface area contributed by atoms with Crippen molar-refractivity contribution in [3.8, 4) is 0 Å². The maximum absolute atomic E-state index is 12.6. The van der Waals surface area contributed by atoms with Crippen LogP contribution in [0.3, 0.4) is 0 Å². The van der Waals surface area contributed by atoms with Crippen LogP contribution in [0.5, 0.6) is 0 Å². The molecule has 1 aromatic carbocycles. The van der Waals surface area contributed by atoms with Crippen LogP contribution >= 0.6 is 0 Å². The van der Waals surface area contributed by atoms with Gasteiger partial charge in [0.25, 0.3) is 0 Å². The number of rotatable bonds is 4. The Hall–Kier alpha value is -3.07. The number of hydrogen-bond acceptors (Lipinski definition) is 6. The van der Waals surface area contributed by atoms with Crippen molar-refractivity contribution in [1.82, 2.24) is 20.4 Å². The van der Waals surface area contributed by atoms with E-state index in [1.165, 1.54) is 7.11 Å². The summed E-state index contributed by atoms with van der Waals surface area (Å²) in [6, 6.07) is 8.33. The Labute approximate surface area is 182 Å². The number of methoxy groups -OCH3 is 1. The van der Waals surface area contributed by atoms with Gasteiger partial charge in [-0.3, -0.25) is 4.90 Å². The average Bonchev–Trinajstić information content (AvgIpc) is 2.72. The number of ether oxygens (including phenoxy) is 2. The second-order valence-electron chi connectivity index (χ2n) is 8.57. The van der Waals surface area contributed by atoms with Gasteiger partial charge in [-0.15, -0.1) is 0 Å². The molecule has 1 aromatic rings. The summed E-state index contributed by atoms with van der Waals surface area (Å²) in [6.07, 6.45) is -0.332. The molecule has 1 saturated heterocycles. The van der Waals surface area contributed by atoms with Crippen LogP contribution in [0.15, 0.2) is 41.6 Å². The van der Waals surface area contributed by atoms with E-state index in [0.29, 0.717) is 44.0 Å². The van der Waals surface area contributed by atoms with E-state index >= 15 is 0 Å². The van der Waals surface area contributed by atoms with Gasteiger partial charge in [-0.25, -0.2) is 14.4 Å². The molecule has 0 unspecified atom stereocenters. The smallest absolute Gasteiger partial charge is 0.410 e. The summed E-state index contributed by atoms with van der Waals surface area (Å²) < 4.78 is 10.5. The third-order valence-corrected chi connectivity index (χ3v) is 5.10. The van der Waals surface area contributed by atoms with Gasteiger partial charge >= 0.3 is 18.1 Å². The van der Waals surface area contributed by atoms with Crippen molar-refractivity contribution in [1.29, 1.82) is 0 Å². The molecule has 1 atom stereocenters. The zero-order valence-electron chi connectivity index (χ0n) is 18.4. The van der Waals surface area contributed by atoms with Crippen LogP contribution in [-0.2, 0) is 14.3 Å². The van der Waals surface area contributed by atoms with Crippen molar-refractivity contribution in [2.24, 2.45) is 0 Å². The highest BCUT2D eigenvalue weighted by Crippen LogP contribution is 2.28. The van der Waals surface area contributed by atoms with Crippen LogP contribution in [0.1, 0.15) is 32.4 Å². The van der Waals surface area contributed by atoms with Crippen molar-refractivity contribution < 1.29 is 23.9 Å². The molecule has 0 aliphatic carbocycles. The number of carbonyl (C=O) groups is 3. The van der Waals surface area contributed by atoms with Crippen LogP contribution in [0.2, 0.25) is 0 Å². The van der Waals surface area contributed by atoms with Crippen LogP contribution in [-0.4, -0.2) is 73.3 Å². The molecule has 3 amide bonds. The van der Waals surface area contributed by atoms with Gasteiger partial charge in [0.15, 0.2) is 0 Å². The highest BCUT2D eigenvalue weighted by atomic mass is 16.6. The zero-order chi connectivity index (χ0) is 22.6. The fraction of sp³-hybridized carbons (Fsp3) is 0.500. The first-order valence-electron chi connectivity index (χ1n) is 10.3. The number of piperazine rings is 1. The number of amides is 3. The molecule has 0 aromatic heterocycles. The van der Waals surface area contributed by atoms with Gasteiger partial charge in [-0.1, -0.05) is 30.3 Å². The van der Waals surface area contributed by atoms with Gasteiger partial charge in [0.05, 0.1) is 18.7 Å². The Kier molecular flexibility index (Phi) is 6.84. The van der Waals surface area contributed by atoms with Gasteiger partial charge in [0.1, 0.15) is 5.60 Å². The van der Waals surface area contributed by atoms with E-state index in [4.69, 9.17) is 9.47 Å². The SMILES string of the molecule is COC(=O)C1=C(CN2CCN(C(=O)OC(C)(C)C)CC2)NC(=O)N[C@H]1c1ccccc1. The summed E-state index contributed by atoms with van der Waals surface area (Å²) in [5.41, 5.74) is 1.14. The Morgan fingerprint density at radius 1 is 1.10 bits per heavy atom. The first-order chi connectivity index (χ1) is 14.7. The third-order valence-electron chi connectivity index (χ3n) is 5.10. The largest absolute Gasteiger partial charge is 0.466 e. The summed E-state index contributed by atoms with van der Waals surface area (Å²) in [4.78, 5) is 41.0. The number of nitrogens with zero attached hydrogens (tertiary/aromatic N) is 2. The summed E-state index contributed by atoms with van der Waals surface area (Å²) in [7, 11) is 1.32. The van der Waals surface area contributed by atoms with Gasteiger partial charge in [0.2, 0.25) is 0 Å². The van der Waals surface area contributed by atoms with Crippen LogP contribution < -0.4 is 10.6 Å². The summed E-state index contributed by atoms with van der Waals surface area (Å²) in [5, 5.41) is 5.59. The Bertz CT molecular complexity index is 854. The van der Waals surface area contributed by atoms with E-state index in [9.17, 15) is 14.4 Å². The van der Waals surface area contributed by atoms with Gasteiger partial charge < -0.3 is 25.0 Å². The highest BCUT2D eigenvalue weighted by molar-refractivity contribution is 5.95. The van der Waals surface area contributed by atoms with E-state index < -0.39 is 17.6 Å². The molecule has 0 bridgehead atoms. The lowest BCUT2D eigenvalue weighted by molar-refractivity contribution is -0.136. The molecule has 1 fully saturated rings. The summed E-state index contributed by atoms with van der Waals surface area (Å²) in [5.74, 6) is -0.497. The molecule has 2 heterocycles.